The summed E-state index contributed by atoms with van der Waals surface area (Å²) in [7, 11) is 0. The molecule has 0 aliphatic carbocycles. The minimum Gasteiger partial charge on any atom is -0.507 e. The van der Waals surface area contributed by atoms with Crippen LogP contribution in [0.1, 0.15) is 29.7 Å². The predicted octanol–water partition coefficient (Wildman–Crippen LogP) is 5.42. The van der Waals surface area contributed by atoms with Gasteiger partial charge in [-0.05, 0) is 35.1 Å². The second-order valence-corrected chi connectivity index (χ2v) is 8.00. The first-order chi connectivity index (χ1) is 16.1. The monoisotopic (exact) mass is 434 g/mol. The number of carbonyl (C=O) groups excluding carboxylic acids is 2. The van der Waals surface area contributed by atoms with Crippen LogP contribution in [0, 0.1) is 0 Å². The number of carbonyl (C=O) groups is 2. The number of amides is 1. The molecule has 3 aromatic carbocycles. The smallest absolute Gasteiger partial charge is 0.300 e. The predicted molar refractivity (Wildman–Crippen MR) is 129 cm³/mol. The van der Waals surface area contributed by atoms with Gasteiger partial charge in [-0.1, -0.05) is 73.7 Å². The van der Waals surface area contributed by atoms with Crippen molar-refractivity contribution in [3.05, 3.63) is 114 Å². The lowest BCUT2D eigenvalue weighted by atomic mass is 9.95. The summed E-state index contributed by atoms with van der Waals surface area (Å²) in [5.74, 6) is -1.58. The second-order valence-electron chi connectivity index (χ2n) is 8.00. The largest absolute Gasteiger partial charge is 0.507 e. The third kappa shape index (κ3) is 3.48. The van der Waals surface area contributed by atoms with E-state index in [9.17, 15) is 14.7 Å². The number of benzene rings is 3. The van der Waals surface area contributed by atoms with Crippen molar-refractivity contribution in [1.82, 2.24) is 4.98 Å². The molecule has 5 nitrogen and oxygen atoms in total. The Labute approximate surface area is 191 Å². The van der Waals surface area contributed by atoms with Crippen LogP contribution in [0.15, 0.2) is 96.8 Å². The van der Waals surface area contributed by atoms with E-state index < -0.39 is 17.7 Å². The molecule has 2 heterocycles. The Kier molecular flexibility index (Phi) is 5.23. The Morgan fingerprint density at radius 3 is 2.42 bits per heavy atom. The number of pyridine rings is 1. The fraction of sp³-hybridized carbons (Fsp3) is 0.107. The van der Waals surface area contributed by atoms with Crippen molar-refractivity contribution < 1.29 is 14.7 Å². The van der Waals surface area contributed by atoms with Crippen molar-refractivity contribution in [3.63, 3.8) is 0 Å². The highest BCUT2D eigenvalue weighted by Crippen LogP contribution is 2.43. The van der Waals surface area contributed by atoms with Crippen LogP contribution < -0.4 is 4.90 Å². The number of anilines is 1. The number of ketones is 1. The van der Waals surface area contributed by atoms with Crippen LogP contribution in [0.4, 0.5) is 5.69 Å². The minimum absolute atomic E-state index is 0.0604. The Hall–Kier alpha value is -4.25. The zero-order valence-electron chi connectivity index (χ0n) is 18.1. The van der Waals surface area contributed by atoms with Gasteiger partial charge < -0.3 is 5.11 Å². The summed E-state index contributed by atoms with van der Waals surface area (Å²) in [6, 6.07) is 23.5. The van der Waals surface area contributed by atoms with Gasteiger partial charge in [0.2, 0.25) is 0 Å². The van der Waals surface area contributed by atoms with Crippen LogP contribution in [0.25, 0.3) is 16.5 Å². The van der Waals surface area contributed by atoms with Gasteiger partial charge in [0.05, 0.1) is 17.3 Å². The van der Waals surface area contributed by atoms with Gasteiger partial charge in [-0.3, -0.25) is 19.5 Å². The van der Waals surface area contributed by atoms with Crippen molar-refractivity contribution >= 4 is 33.9 Å². The highest BCUT2D eigenvalue weighted by molar-refractivity contribution is 6.52. The molecule has 0 radical (unpaired) electrons. The molecule has 0 saturated carbocycles. The molecule has 5 rings (SSSR count). The Balaban J connectivity index is 1.75. The summed E-state index contributed by atoms with van der Waals surface area (Å²) >= 11 is 0. The van der Waals surface area contributed by atoms with E-state index in [4.69, 9.17) is 0 Å². The molecule has 1 aliphatic heterocycles. The second kappa shape index (κ2) is 8.36. The standard InChI is InChI=1S/C28H22N2O3/c1-2-18-12-14-20(15-13-18)26(31)24-25(21-9-6-16-29-17-21)30(28(33)27(24)32)23-11-5-8-19-7-3-4-10-22(19)23/h3-17,25,31H,2H2,1H3/b26-24+. The third-order valence-electron chi connectivity index (χ3n) is 6.11. The maximum absolute atomic E-state index is 13.4. The van der Waals surface area contributed by atoms with E-state index in [-0.39, 0.29) is 11.3 Å². The fourth-order valence-electron chi connectivity index (χ4n) is 4.41. The summed E-state index contributed by atoms with van der Waals surface area (Å²) in [6.07, 6.45) is 4.13. The van der Waals surface area contributed by atoms with Gasteiger partial charge in [-0.15, -0.1) is 0 Å². The number of aliphatic hydroxyl groups excluding tert-OH is 1. The normalized spacial score (nSPS) is 17.6. The van der Waals surface area contributed by atoms with Crippen LogP contribution in [0.5, 0.6) is 0 Å². The van der Waals surface area contributed by atoms with Crippen LogP contribution >= 0.6 is 0 Å². The molecule has 4 aromatic rings. The molecule has 162 valence electrons. The van der Waals surface area contributed by atoms with Gasteiger partial charge in [0.15, 0.2) is 0 Å². The lowest BCUT2D eigenvalue weighted by Gasteiger charge is -2.26. The molecule has 0 bridgehead atoms. The lowest BCUT2D eigenvalue weighted by molar-refractivity contribution is -0.132. The van der Waals surface area contributed by atoms with Crippen LogP contribution in [-0.2, 0) is 16.0 Å². The molecule has 1 N–H and O–H groups in total. The molecule has 1 saturated heterocycles. The van der Waals surface area contributed by atoms with Gasteiger partial charge in [0.1, 0.15) is 5.76 Å². The first-order valence-electron chi connectivity index (χ1n) is 10.9. The summed E-state index contributed by atoms with van der Waals surface area (Å²) in [5, 5.41) is 13.0. The molecule has 0 spiro atoms. The number of aromatic nitrogens is 1. The van der Waals surface area contributed by atoms with E-state index in [0.29, 0.717) is 16.8 Å². The molecule has 1 atom stereocenters. The topological polar surface area (TPSA) is 70.5 Å². The number of hydrogen-bond donors (Lipinski definition) is 1. The van der Waals surface area contributed by atoms with Crippen LogP contribution in [-0.4, -0.2) is 21.8 Å². The van der Waals surface area contributed by atoms with Crippen molar-refractivity contribution in [2.24, 2.45) is 0 Å². The highest BCUT2D eigenvalue weighted by atomic mass is 16.3. The SMILES string of the molecule is CCc1ccc(/C(O)=C2\C(=O)C(=O)N(c3cccc4ccccc34)C2c2cccnc2)cc1. The van der Waals surface area contributed by atoms with Crippen molar-refractivity contribution in [2.75, 3.05) is 4.90 Å². The molecule has 1 aromatic heterocycles. The number of aliphatic hydroxyl groups is 1. The van der Waals surface area contributed by atoms with E-state index in [1.54, 1.807) is 30.6 Å². The van der Waals surface area contributed by atoms with Gasteiger partial charge in [-0.25, -0.2) is 0 Å². The summed E-state index contributed by atoms with van der Waals surface area (Å²) in [4.78, 5) is 32.4. The average Bonchev–Trinajstić information content (AvgIpc) is 3.14. The zero-order chi connectivity index (χ0) is 22.9. The first-order valence-corrected chi connectivity index (χ1v) is 10.9. The highest BCUT2D eigenvalue weighted by Gasteiger charge is 2.47. The van der Waals surface area contributed by atoms with Crippen molar-refractivity contribution in [2.45, 2.75) is 19.4 Å². The van der Waals surface area contributed by atoms with Gasteiger partial charge >= 0.3 is 0 Å². The Bertz CT molecular complexity index is 1390. The minimum atomic E-state index is -0.796. The van der Waals surface area contributed by atoms with Crippen LogP contribution in [0.2, 0.25) is 0 Å². The summed E-state index contributed by atoms with van der Waals surface area (Å²) < 4.78 is 0. The average molecular weight is 434 g/mol. The number of hydrogen-bond acceptors (Lipinski definition) is 4. The lowest BCUT2D eigenvalue weighted by Crippen LogP contribution is -2.29. The van der Waals surface area contributed by atoms with Gasteiger partial charge in [-0.2, -0.15) is 0 Å². The third-order valence-corrected chi connectivity index (χ3v) is 6.11. The summed E-state index contributed by atoms with van der Waals surface area (Å²) in [6.45, 7) is 2.05. The molecule has 5 heteroatoms. The van der Waals surface area contributed by atoms with Crippen LogP contribution in [0.3, 0.4) is 0 Å². The van der Waals surface area contributed by atoms with Crippen molar-refractivity contribution in [3.8, 4) is 0 Å². The quantitative estimate of drug-likeness (QED) is 0.264. The molecule has 1 amide bonds. The van der Waals surface area contributed by atoms with E-state index in [1.165, 1.54) is 4.90 Å². The fourth-order valence-corrected chi connectivity index (χ4v) is 4.41. The van der Waals surface area contributed by atoms with E-state index in [0.717, 1.165) is 22.8 Å². The number of nitrogens with zero attached hydrogens (tertiary/aromatic N) is 2. The molecular formula is C28H22N2O3. The van der Waals surface area contributed by atoms with E-state index in [2.05, 4.69) is 4.98 Å². The number of aryl methyl sites for hydroxylation is 1. The Morgan fingerprint density at radius 1 is 0.939 bits per heavy atom. The zero-order valence-corrected chi connectivity index (χ0v) is 18.1. The van der Waals surface area contributed by atoms with Gasteiger partial charge in [0, 0.05) is 23.3 Å². The van der Waals surface area contributed by atoms with Crippen molar-refractivity contribution in [1.29, 1.82) is 0 Å². The molecule has 1 aliphatic rings. The van der Waals surface area contributed by atoms with E-state index >= 15 is 0 Å². The maximum atomic E-state index is 13.4. The number of rotatable bonds is 4. The Morgan fingerprint density at radius 2 is 1.70 bits per heavy atom. The molecule has 1 unspecified atom stereocenters. The summed E-state index contributed by atoms with van der Waals surface area (Å²) in [5.41, 5.74) is 2.94. The van der Waals surface area contributed by atoms with Gasteiger partial charge in [0.25, 0.3) is 11.7 Å². The molecule has 1 fully saturated rings. The molecule has 33 heavy (non-hydrogen) atoms. The first kappa shape index (κ1) is 20.6. The number of Topliss-reactive ketones (excluding diaryl/α,β-unsaturated/α-hetero) is 1. The maximum Gasteiger partial charge on any atom is 0.300 e. The van der Waals surface area contributed by atoms with E-state index in [1.807, 2.05) is 67.6 Å². The molecular weight excluding hydrogens is 412 g/mol. The number of fused-ring (bicyclic) bond motifs is 1.